The number of hydrogen-bond donors (Lipinski definition) is 2. The predicted octanol–water partition coefficient (Wildman–Crippen LogP) is 2.15. The summed E-state index contributed by atoms with van der Waals surface area (Å²) in [5, 5.41) is 8.05. The first-order valence-corrected chi connectivity index (χ1v) is 9.17. The maximum atomic E-state index is 12.1. The largest absolute Gasteiger partial charge is 0.349 e. The Bertz CT molecular complexity index is 574. The Labute approximate surface area is 123 Å². The molecule has 0 aliphatic heterocycles. The van der Waals surface area contributed by atoms with E-state index < -0.39 is 10.0 Å². The molecule has 1 amide bonds. The number of nitrogens with one attached hydrogen (secondary N) is 1. The second-order valence-corrected chi connectivity index (χ2v) is 8.17. The zero-order valence-corrected chi connectivity index (χ0v) is 13.1. The number of thiophene rings is 1. The molecule has 1 heterocycles. The fourth-order valence-corrected chi connectivity index (χ4v) is 4.24. The minimum atomic E-state index is -3.66. The van der Waals surface area contributed by atoms with Crippen molar-refractivity contribution in [3.05, 3.63) is 17.0 Å². The topological polar surface area (TPSA) is 89.3 Å². The number of carbonyl (C=O) groups excluding carboxylic acids is 1. The van der Waals surface area contributed by atoms with Crippen LogP contribution in [0.1, 0.15) is 49.9 Å². The Hall–Kier alpha value is -0.920. The third-order valence-corrected chi connectivity index (χ3v) is 6.35. The third-order valence-electron chi connectivity index (χ3n) is 3.64. The highest BCUT2D eigenvalue weighted by atomic mass is 32.2. The van der Waals surface area contributed by atoms with E-state index in [0.717, 1.165) is 41.9 Å². The number of sulfonamides is 1. The van der Waals surface area contributed by atoms with Gasteiger partial charge >= 0.3 is 0 Å². The number of amides is 1. The Kier molecular flexibility index (Phi) is 4.82. The molecule has 1 atom stereocenters. The van der Waals surface area contributed by atoms with Crippen LogP contribution in [0.3, 0.4) is 0 Å². The lowest BCUT2D eigenvalue weighted by Gasteiger charge is -2.22. The first kappa shape index (κ1) is 15.5. The smallest absolute Gasteiger partial charge is 0.247 e. The highest BCUT2D eigenvalue weighted by Gasteiger charge is 2.23. The molecule has 1 aliphatic rings. The Morgan fingerprint density at radius 1 is 1.35 bits per heavy atom. The van der Waals surface area contributed by atoms with Crippen molar-refractivity contribution in [1.82, 2.24) is 5.32 Å². The number of hydrogen-bond acceptors (Lipinski definition) is 4. The summed E-state index contributed by atoms with van der Waals surface area (Å²) < 4.78 is 22.6. The molecule has 3 N–H and O–H groups in total. The summed E-state index contributed by atoms with van der Waals surface area (Å²) in [7, 11) is -3.66. The summed E-state index contributed by atoms with van der Waals surface area (Å²) in [6, 6.07) is 3.00. The zero-order chi connectivity index (χ0) is 14.8. The van der Waals surface area contributed by atoms with Gasteiger partial charge in [-0.3, -0.25) is 4.79 Å². The molecule has 1 aromatic rings. The summed E-state index contributed by atoms with van der Waals surface area (Å²) in [4.78, 5) is 12.9. The van der Waals surface area contributed by atoms with Gasteiger partial charge in [0.05, 0.1) is 6.04 Å². The van der Waals surface area contributed by atoms with Crippen LogP contribution in [0.25, 0.3) is 0 Å². The first-order chi connectivity index (χ1) is 9.38. The van der Waals surface area contributed by atoms with Crippen LogP contribution in [0.4, 0.5) is 0 Å². The lowest BCUT2D eigenvalue weighted by atomic mass is 9.88. The zero-order valence-electron chi connectivity index (χ0n) is 11.5. The molecule has 1 saturated carbocycles. The van der Waals surface area contributed by atoms with Gasteiger partial charge in [-0.25, -0.2) is 13.6 Å². The molecule has 7 heteroatoms. The highest BCUT2D eigenvalue weighted by Crippen LogP contribution is 2.28. The van der Waals surface area contributed by atoms with Crippen molar-refractivity contribution in [2.75, 3.05) is 0 Å². The van der Waals surface area contributed by atoms with Gasteiger partial charge in [0, 0.05) is 10.8 Å². The maximum Gasteiger partial charge on any atom is 0.247 e. The minimum Gasteiger partial charge on any atom is -0.349 e. The monoisotopic (exact) mass is 316 g/mol. The lowest BCUT2D eigenvalue weighted by molar-refractivity contribution is -0.126. The van der Waals surface area contributed by atoms with E-state index in [1.54, 1.807) is 6.07 Å². The first-order valence-electron chi connectivity index (χ1n) is 6.81. The minimum absolute atomic E-state index is 0.0720. The van der Waals surface area contributed by atoms with Crippen molar-refractivity contribution in [3.63, 3.8) is 0 Å². The van der Waals surface area contributed by atoms with Crippen molar-refractivity contribution in [3.8, 4) is 0 Å². The van der Waals surface area contributed by atoms with Gasteiger partial charge < -0.3 is 5.32 Å². The summed E-state index contributed by atoms with van der Waals surface area (Å²) >= 11 is 1.11. The molecule has 0 bridgehead atoms. The summed E-state index contributed by atoms with van der Waals surface area (Å²) in [5.74, 6) is 0.173. The average Bonchev–Trinajstić information content (AvgIpc) is 2.89. The van der Waals surface area contributed by atoms with Crippen LogP contribution in [0.5, 0.6) is 0 Å². The molecular formula is C13H20N2O3S2. The van der Waals surface area contributed by atoms with E-state index in [1.807, 2.05) is 6.92 Å². The van der Waals surface area contributed by atoms with E-state index in [4.69, 9.17) is 5.14 Å². The van der Waals surface area contributed by atoms with Crippen molar-refractivity contribution < 1.29 is 13.2 Å². The molecule has 2 rings (SSSR count). The van der Waals surface area contributed by atoms with E-state index in [9.17, 15) is 13.2 Å². The average molecular weight is 316 g/mol. The summed E-state index contributed by atoms with van der Waals surface area (Å²) in [6.07, 6.45) is 5.33. The van der Waals surface area contributed by atoms with Gasteiger partial charge in [0.1, 0.15) is 4.21 Å². The van der Waals surface area contributed by atoms with Gasteiger partial charge in [-0.1, -0.05) is 19.3 Å². The van der Waals surface area contributed by atoms with Crippen LogP contribution in [0, 0.1) is 5.92 Å². The van der Waals surface area contributed by atoms with E-state index in [-0.39, 0.29) is 22.1 Å². The lowest BCUT2D eigenvalue weighted by Crippen LogP contribution is -2.33. The Morgan fingerprint density at radius 2 is 2.00 bits per heavy atom. The van der Waals surface area contributed by atoms with Gasteiger partial charge in [-0.2, -0.15) is 0 Å². The van der Waals surface area contributed by atoms with E-state index >= 15 is 0 Å². The molecule has 1 aromatic heterocycles. The normalized spacial score (nSPS) is 18.7. The fraction of sp³-hybridized carbons (Fsp3) is 0.615. The van der Waals surface area contributed by atoms with E-state index in [0.29, 0.717) is 0 Å². The number of rotatable bonds is 4. The molecular weight excluding hydrogens is 296 g/mol. The Balaban J connectivity index is 1.99. The van der Waals surface area contributed by atoms with Gasteiger partial charge in [0.15, 0.2) is 0 Å². The third kappa shape index (κ3) is 3.80. The fourth-order valence-electron chi connectivity index (χ4n) is 2.49. The van der Waals surface area contributed by atoms with Crippen molar-refractivity contribution in [2.24, 2.45) is 11.1 Å². The Morgan fingerprint density at radius 3 is 2.55 bits per heavy atom. The van der Waals surface area contributed by atoms with Crippen LogP contribution in [-0.2, 0) is 14.8 Å². The molecule has 0 saturated heterocycles. The molecule has 5 nitrogen and oxygen atoms in total. The maximum absolute atomic E-state index is 12.1. The van der Waals surface area contributed by atoms with Crippen molar-refractivity contribution in [1.29, 1.82) is 0 Å². The van der Waals surface area contributed by atoms with Gasteiger partial charge in [0.25, 0.3) is 0 Å². The molecule has 112 valence electrons. The van der Waals surface area contributed by atoms with E-state index in [2.05, 4.69) is 5.32 Å². The van der Waals surface area contributed by atoms with Crippen molar-refractivity contribution >= 4 is 27.3 Å². The van der Waals surface area contributed by atoms with Crippen LogP contribution >= 0.6 is 11.3 Å². The van der Waals surface area contributed by atoms with Crippen LogP contribution in [0.2, 0.25) is 0 Å². The molecule has 20 heavy (non-hydrogen) atoms. The predicted molar refractivity (Wildman–Crippen MR) is 78.8 cm³/mol. The molecule has 1 fully saturated rings. The number of primary sulfonamides is 1. The second-order valence-electron chi connectivity index (χ2n) is 5.27. The molecule has 0 aromatic carbocycles. The van der Waals surface area contributed by atoms with Crippen molar-refractivity contribution in [2.45, 2.75) is 49.3 Å². The van der Waals surface area contributed by atoms with Gasteiger partial charge in [-0.05, 0) is 31.9 Å². The van der Waals surface area contributed by atoms with Crippen LogP contribution in [-0.4, -0.2) is 14.3 Å². The highest BCUT2D eigenvalue weighted by molar-refractivity contribution is 7.91. The van der Waals surface area contributed by atoms with Gasteiger partial charge in [-0.15, -0.1) is 11.3 Å². The molecule has 0 spiro atoms. The van der Waals surface area contributed by atoms with Crippen LogP contribution in [0.15, 0.2) is 16.3 Å². The second kappa shape index (κ2) is 6.24. The summed E-state index contributed by atoms with van der Waals surface area (Å²) in [6.45, 7) is 1.86. The SMILES string of the molecule is CC(NC(=O)C1CCCCC1)c1ccc(S(N)(=O)=O)s1. The van der Waals surface area contributed by atoms with Gasteiger partial charge in [0.2, 0.25) is 15.9 Å². The number of carbonyl (C=O) groups is 1. The molecule has 1 unspecified atom stereocenters. The molecule has 0 radical (unpaired) electrons. The van der Waals surface area contributed by atoms with E-state index in [1.165, 1.54) is 12.5 Å². The molecule has 1 aliphatic carbocycles. The number of nitrogens with two attached hydrogens (primary N) is 1. The van der Waals surface area contributed by atoms with Crippen LogP contribution < -0.4 is 10.5 Å². The summed E-state index contributed by atoms with van der Waals surface area (Å²) in [5.41, 5.74) is 0. The standard InChI is InChI=1S/C13H20N2O3S2/c1-9(11-7-8-12(19-11)20(14,17)18)15-13(16)10-5-3-2-4-6-10/h7-10H,2-6H2,1H3,(H,15,16)(H2,14,17,18). The quantitative estimate of drug-likeness (QED) is 0.892.